The van der Waals surface area contributed by atoms with Crippen molar-refractivity contribution in [3.63, 3.8) is 0 Å². The Labute approximate surface area is 133 Å². The molecule has 1 aliphatic rings. The molecule has 22 heavy (non-hydrogen) atoms. The minimum absolute atomic E-state index is 0.200. The summed E-state index contributed by atoms with van der Waals surface area (Å²) in [5.41, 5.74) is 4.55. The summed E-state index contributed by atoms with van der Waals surface area (Å²) in [5.74, 6) is 0.366. The molecule has 0 saturated heterocycles. The van der Waals surface area contributed by atoms with Crippen LogP contribution >= 0.6 is 11.3 Å². The maximum atomic E-state index is 13.3. The monoisotopic (exact) mass is 310 g/mol. The van der Waals surface area contributed by atoms with Gasteiger partial charge in [-0.2, -0.15) is 0 Å². The fourth-order valence-corrected chi connectivity index (χ4v) is 4.17. The van der Waals surface area contributed by atoms with Crippen LogP contribution in [0.5, 0.6) is 0 Å². The number of benzene rings is 1. The highest BCUT2D eigenvalue weighted by Gasteiger charge is 2.27. The van der Waals surface area contributed by atoms with E-state index in [0.29, 0.717) is 5.92 Å². The number of aryl methyl sites for hydroxylation is 2. The Morgan fingerprint density at radius 1 is 1.27 bits per heavy atom. The fraction of sp³-hybridized carbons (Fsp3) is 0.316. The van der Waals surface area contributed by atoms with Crippen LogP contribution in [-0.2, 0) is 6.42 Å². The van der Waals surface area contributed by atoms with E-state index in [1.165, 1.54) is 40.8 Å². The lowest BCUT2D eigenvalue weighted by Gasteiger charge is -2.08. The molecule has 2 heterocycles. The Kier molecular flexibility index (Phi) is 3.26. The zero-order valence-corrected chi connectivity index (χ0v) is 13.6. The quantitative estimate of drug-likeness (QED) is 0.609. The van der Waals surface area contributed by atoms with Crippen LogP contribution in [0.15, 0.2) is 24.3 Å². The van der Waals surface area contributed by atoms with E-state index in [2.05, 4.69) is 19.9 Å². The number of rotatable bonds is 3. The van der Waals surface area contributed by atoms with E-state index in [-0.39, 0.29) is 5.82 Å². The van der Waals surface area contributed by atoms with Gasteiger partial charge in [-0.15, -0.1) is 11.3 Å². The SMILES string of the molecule is CCc1c(C)sc2nc(C3CC3)[c]c(-c3ccc(F)cc3)c12. The number of halogens is 1. The summed E-state index contributed by atoms with van der Waals surface area (Å²) in [7, 11) is 0. The number of aromatic nitrogens is 1. The van der Waals surface area contributed by atoms with E-state index in [1.54, 1.807) is 11.3 Å². The van der Waals surface area contributed by atoms with Crippen LogP contribution in [0.1, 0.15) is 41.8 Å². The fourth-order valence-electron chi connectivity index (χ4n) is 3.04. The lowest BCUT2D eigenvalue weighted by molar-refractivity contribution is 0.628. The Hall–Kier alpha value is -1.74. The van der Waals surface area contributed by atoms with Crippen LogP contribution in [-0.4, -0.2) is 4.98 Å². The zero-order valence-electron chi connectivity index (χ0n) is 12.7. The standard InChI is InChI=1S/C19H17FNS/c1-3-15-11(2)22-19-18(15)16(10-17(21-19)13-4-5-13)12-6-8-14(20)9-7-12/h6-9,13H,3-5H2,1-2H3. The molecule has 4 rings (SSSR count). The maximum absolute atomic E-state index is 13.3. The van der Waals surface area contributed by atoms with Crippen LogP contribution in [0, 0.1) is 18.8 Å². The molecule has 0 spiro atoms. The first-order chi connectivity index (χ1) is 10.7. The minimum atomic E-state index is -0.200. The first-order valence-corrected chi connectivity index (χ1v) is 8.60. The molecular weight excluding hydrogens is 293 g/mol. The van der Waals surface area contributed by atoms with Crippen LogP contribution in [0.3, 0.4) is 0 Å². The molecule has 1 aromatic carbocycles. The lowest BCUT2D eigenvalue weighted by Crippen LogP contribution is -1.92. The number of fused-ring (bicyclic) bond motifs is 1. The number of pyridine rings is 1. The Bertz CT molecular complexity index is 844. The molecule has 2 aromatic heterocycles. The molecular formula is C19H17FNS. The van der Waals surface area contributed by atoms with Gasteiger partial charge in [0, 0.05) is 27.8 Å². The van der Waals surface area contributed by atoms with Crippen LogP contribution in [0.2, 0.25) is 0 Å². The molecule has 0 bridgehead atoms. The lowest BCUT2D eigenvalue weighted by atomic mass is 9.97. The normalized spacial score (nSPS) is 14.7. The second kappa shape index (κ2) is 5.17. The molecule has 0 aliphatic heterocycles. The Morgan fingerprint density at radius 2 is 2.00 bits per heavy atom. The first-order valence-electron chi connectivity index (χ1n) is 7.78. The van der Waals surface area contributed by atoms with Gasteiger partial charge in [0.2, 0.25) is 0 Å². The van der Waals surface area contributed by atoms with Crippen LogP contribution in [0.25, 0.3) is 21.3 Å². The first kappa shape index (κ1) is 13.9. The molecule has 0 amide bonds. The summed E-state index contributed by atoms with van der Waals surface area (Å²) in [4.78, 5) is 7.29. The van der Waals surface area contributed by atoms with Gasteiger partial charge in [0.05, 0.1) is 5.69 Å². The van der Waals surface area contributed by atoms with Gasteiger partial charge in [-0.05, 0) is 49.4 Å². The molecule has 111 valence electrons. The van der Waals surface area contributed by atoms with Crippen LogP contribution < -0.4 is 0 Å². The second-order valence-electron chi connectivity index (χ2n) is 5.95. The average Bonchev–Trinajstić information content (AvgIpc) is 3.30. The highest BCUT2D eigenvalue weighted by Crippen LogP contribution is 2.44. The van der Waals surface area contributed by atoms with Crippen molar-refractivity contribution in [2.75, 3.05) is 0 Å². The van der Waals surface area contributed by atoms with Crippen molar-refractivity contribution >= 4 is 21.6 Å². The number of hydrogen-bond acceptors (Lipinski definition) is 2. The molecule has 0 unspecified atom stereocenters. The van der Waals surface area contributed by atoms with Crippen molar-refractivity contribution in [3.8, 4) is 11.1 Å². The summed E-state index contributed by atoms with van der Waals surface area (Å²) >= 11 is 1.77. The van der Waals surface area contributed by atoms with Gasteiger partial charge in [-0.25, -0.2) is 9.37 Å². The highest BCUT2D eigenvalue weighted by molar-refractivity contribution is 7.18. The summed E-state index contributed by atoms with van der Waals surface area (Å²) in [5, 5.41) is 1.21. The Morgan fingerprint density at radius 3 is 2.64 bits per heavy atom. The molecule has 1 aliphatic carbocycles. The van der Waals surface area contributed by atoms with E-state index in [9.17, 15) is 4.39 Å². The summed E-state index contributed by atoms with van der Waals surface area (Å²) in [6, 6.07) is 10.3. The van der Waals surface area contributed by atoms with E-state index in [1.807, 2.05) is 12.1 Å². The van der Waals surface area contributed by atoms with Crippen molar-refractivity contribution in [3.05, 3.63) is 52.3 Å². The number of thiophene rings is 1. The van der Waals surface area contributed by atoms with E-state index in [4.69, 9.17) is 4.98 Å². The third kappa shape index (κ3) is 2.24. The van der Waals surface area contributed by atoms with Gasteiger partial charge >= 0.3 is 0 Å². The predicted octanol–water partition coefficient (Wildman–Crippen LogP) is 5.65. The van der Waals surface area contributed by atoms with Crippen molar-refractivity contribution in [1.82, 2.24) is 4.98 Å². The Balaban J connectivity index is 2.02. The van der Waals surface area contributed by atoms with Gasteiger partial charge < -0.3 is 0 Å². The van der Waals surface area contributed by atoms with Crippen molar-refractivity contribution < 1.29 is 4.39 Å². The minimum Gasteiger partial charge on any atom is -0.241 e. The molecule has 1 fully saturated rings. The molecule has 3 aromatic rings. The molecule has 0 N–H and O–H groups in total. The van der Waals surface area contributed by atoms with Gasteiger partial charge in [-0.1, -0.05) is 19.1 Å². The predicted molar refractivity (Wildman–Crippen MR) is 89.9 cm³/mol. The average molecular weight is 310 g/mol. The van der Waals surface area contributed by atoms with Crippen molar-refractivity contribution in [1.29, 1.82) is 0 Å². The maximum Gasteiger partial charge on any atom is 0.124 e. The number of hydrogen-bond donors (Lipinski definition) is 0. The van der Waals surface area contributed by atoms with Gasteiger partial charge in [0.15, 0.2) is 0 Å². The number of nitrogens with zero attached hydrogens (tertiary/aromatic N) is 1. The molecule has 1 nitrogen and oxygen atoms in total. The summed E-state index contributed by atoms with van der Waals surface area (Å²) in [6.45, 7) is 4.34. The second-order valence-corrected chi connectivity index (χ2v) is 7.15. The summed E-state index contributed by atoms with van der Waals surface area (Å²) < 4.78 is 13.3. The van der Waals surface area contributed by atoms with E-state index < -0.39 is 0 Å². The van der Waals surface area contributed by atoms with E-state index >= 15 is 0 Å². The smallest absolute Gasteiger partial charge is 0.124 e. The van der Waals surface area contributed by atoms with E-state index in [0.717, 1.165) is 28.1 Å². The van der Waals surface area contributed by atoms with Crippen LogP contribution in [0.4, 0.5) is 4.39 Å². The molecule has 3 heteroatoms. The third-order valence-electron chi connectivity index (χ3n) is 4.37. The largest absolute Gasteiger partial charge is 0.241 e. The molecule has 1 radical (unpaired) electrons. The third-order valence-corrected chi connectivity index (χ3v) is 5.41. The molecule has 1 saturated carbocycles. The van der Waals surface area contributed by atoms with Gasteiger partial charge in [-0.3, -0.25) is 0 Å². The highest BCUT2D eigenvalue weighted by atomic mass is 32.1. The van der Waals surface area contributed by atoms with Crippen molar-refractivity contribution in [2.24, 2.45) is 0 Å². The van der Waals surface area contributed by atoms with Gasteiger partial charge in [0.1, 0.15) is 10.6 Å². The molecule has 0 atom stereocenters. The topological polar surface area (TPSA) is 12.9 Å². The van der Waals surface area contributed by atoms with Gasteiger partial charge in [0.25, 0.3) is 0 Å². The summed E-state index contributed by atoms with van der Waals surface area (Å²) in [6.07, 6.45) is 3.41. The van der Waals surface area contributed by atoms with Crippen molar-refractivity contribution in [2.45, 2.75) is 39.0 Å². The zero-order chi connectivity index (χ0) is 15.3.